The molecule has 0 heterocycles. The third-order valence-electron chi connectivity index (χ3n) is 2.61. The van der Waals surface area contributed by atoms with Crippen molar-refractivity contribution < 1.29 is 0 Å². The van der Waals surface area contributed by atoms with Gasteiger partial charge in [0.1, 0.15) is 4.99 Å². The van der Waals surface area contributed by atoms with Gasteiger partial charge in [0.15, 0.2) is 0 Å². The highest BCUT2D eigenvalue weighted by Gasteiger charge is 2.08. The fourth-order valence-corrected chi connectivity index (χ4v) is 2.08. The number of benzene rings is 1. The molecule has 1 aliphatic rings. The van der Waals surface area contributed by atoms with Crippen LogP contribution >= 0.6 is 12.2 Å². The molecular weight excluding hydrogens is 202 g/mol. The normalized spacial score (nSPS) is 15.6. The summed E-state index contributed by atoms with van der Waals surface area (Å²) in [5, 5.41) is 3.27. The van der Waals surface area contributed by atoms with Gasteiger partial charge in [-0.3, -0.25) is 0 Å². The van der Waals surface area contributed by atoms with E-state index in [2.05, 4.69) is 11.4 Å². The van der Waals surface area contributed by atoms with Crippen molar-refractivity contribution in [2.45, 2.75) is 25.7 Å². The van der Waals surface area contributed by atoms with Crippen molar-refractivity contribution in [1.29, 1.82) is 0 Å². The SMILES string of the molecule is S=C(Nc1ccccc1)C1=CCCCC1. The molecule has 0 bridgehead atoms. The molecule has 0 atom stereocenters. The number of anilines is 1. The average molecular weight is 217 g/mol. The zero-order valence-electron chi connectivity index (χ0n) is 8.70. The maximum atomic E-state index is 5.38. The van der Waals surface area contributed by atoms with Gasteiger partial charge in [-0.1, -0.05) is 36.5 Å². The lowest BCUT2D eigenvalue weighted by Crippen LogP contribution is -2.13. The molecule has 0 saturated heterocycles. The topological polar surface area (TPSA) is 12.0 Å². The van der Waals surface area contributed by atoms with Gasteiger partial charge in [0.05, 0.1) is 0 Å². The predicted molar refractivity (Wildman–Crippen MR) is 69.2 cm³/mol. The van der Waals surface area contributed by atoms with E-state index in [9.17, 15) is 0 Å². The molecule has 1 nitrogen and oxygen atoms in total. The van der Waals surface area contributed by atoms with Crippen molar-refractivity contribution >= 4 is 22.9 Å². The van der Waals surface area contributed by atoms with Crippen LogP contribution in [-0.4, -0.2) is 4.99 Å². The molecular formula is C13H15NS. The second-order valence-corrected chi connectivity index (χ2v) is 4.20. The minimum atomic E-state index is 0.890. The van der Waals surface area contributed by atoms with Crippen LogP contribution < -0.4 is 5.32 Å². The Balaban J connectivity index is 2.00. The van der Waals surface area contributed by atoms with Gasteiger partial charge in [0, 0.05) is 5.69 Å². The van der Waals surface area contributed by atoms with E-state index in [0.717, 1.165) is 17.1 Å². The molecule has 15 heavy (non-hydrogen) atoms. The Morgan fingerprint density at radius 2 is 1.93 bits per heavy atom. The summed E-state index contributed by atoms with van der Waals surface area (Å²) in [4.78, 5) is 0.890. The van der Waals surface area contributed by atoms with E-state index < -0.39 is 0 Å². The van der Waals surface area contributed by atoms with E-state index in [1.807, 2.05) is 30.3 Å². The predicted octanol–water partition coefficient (Wildman–Crippen LogP) is 3.93. The fourth-order valence-electron chi connectivity index (χ4n) is 1.78. The van der Waals surface area contributed by atoms with Crippen molar-refractivity contribution in [3.8, 4) is 0 Å². The van der Waals surface area contributed by atoms with E-state index >= 15 is 0 Å². The van der Waals surface area contributed by atoms with Crippen molar-refractivity contribution in [3.05, 3.63) is 42.0 Å². The number of hydrogen-bond acceptors (Lipinski definition) is 1. The van der Waals surface area contributed by atoms with Gasteiger partial charge >= 0.3 is 0 Å². The molecule has 0 aliphatic heterocycles. The minimum absolute atomic E-state index is 0.890. The van der Waals surface area contributed by atoms with Crippen LogP contribution in [0.3, 0.4) is 0 Å². The van der Waals surface area contributed by atoms with Gasteiger partial charge in [-0.25, -0.2) is 0 Å². The molecule has 1 aromatic rings. The largest absolute Gasteiger partial charge is 0.346 e. The Kier molecular flexibility index (Phi) is 3.51. The fraction of sp³-hybridized carbons (Fsp3) is 0.308. The van der Waals surface area contributed by atoms with Crippen LogP contribution in [0, 0.1) is 0 Å². The maximum absolute atomic E-state index is 5.38. The lowest BCUT2D eigenvalue weighted by molar-refractivity contribution is 0.718. The van der Waals surface area contributed by atoms with Crippen LogP contribution in [-0.2, 0) is 0 Å². The van der Waals surface area contributed by atoms with E-state index in [-0.39, 0.29) is 0 Å². The van der Waals surface area contributed by atoms with Gasteiger partial charge in [-0.2, -0.15) is 0 Å². The summed E-state index contributed by atoms with van der Waals surface area (Å²) in [5.41, 5.74) is 2.38. The monoisotopic (exact) mass is 217 g/mol. The average Bonchev–Trinajstić information content (AvgIpc) is 2.31. The van der Waals surface area contributed by atoms with Crippen LogP contribution in [0.4, 0.5) is 5.69 Å². The summed E-state index contributed by atoms with van der Waals surface area (Å²) >= 11 is 5.38. The van der Waals surface area contributed by atoms with Gasteiger partial charge in [0.25, 0.3) is 0 Å². The summed E-state index contributed by atoms with van der Waals surface area (Å²) in [7, 11) is 0. The Bertz CT molecular complexity index is 367. The van der Waals surface area contributed by atoms with Crippen LogP contribution in [0.5, 0.6) is 0 Å². The molecule has 2 heteroatoms. The van der Waals surface area contributed by atoms with Gasteiger partial charge < -0.3 is 5.32 Å². The van der Waals surface area contributed by atoms with Gasteiger partial charge in [-0.05, 0) is 43.4 Å². The standard InChI is InChI=1S/C13H15NS/c15-13(11-7-3-1-4-8-11)14-12-9-5-2-6-10-12/h2,5-7,9-10H,1,3-4,8H2,(H,14,15). The van der Waals surface area contributed by atoms with E-state index in [4.69, 9.17) is 12.2 Å². The minimum Gasteiger partial charge on any atom is -0.346 e. The summed E-state index contributed by atoms with van der Waals surface area (Å²) in [6.45, 7) is 0. The molecule has 78 valence electrons. The molecule has 2 rings (SSSR count). The van der Waals surface area contributed by atoms with Gasteiger partial charge in [-0.15, -0.1) is 0 Å². The summed E-state index contributed by atoms with van der Waals surface area (Å²) < 4.78 is 0. The van der Waals surface area contributed by atoms with Crippen LogP contribution in [0.25, 0.3) is 0 Å². The van der Waals surface area contributed by atoms with Crippen molar-refractivity contribution in [2.24, 2.45) is 0 Å². The van der Waals surface area contributed by atoms with Gasteiger partial charge in [0.2, 0.25) is 0 Å². The number of nitrogens with one attached hydrogen (secondary N) is 1. The quantitative estimate of drug-likeness (QED) is 0.753. The first kappa shape index (κ1) is 10.4. The van der Waals surface area contributed by atoms with Crippen molar-refractivity contribution in [3.63, 3.8) is 0 Å². The number of thiocarbonyl (C=S) groups is 1. The third-order valence-corrected chi connectivity index (χ3v) is 2.98. The molecule has 0 unspecified atom stereocenters. The number of hydrogen-bond donors (Lipinski definition) is 1. The van der Waals surface area contributed by atoms with Crippen LogP contribution in [0.15, 0.2) is 42.0 Å². The number of rotatable bonds is 2. The smallest absolute Gasteiger partial charge is 0.106 e. The second kappa shape index (κ2) is 5.08. The van der Waals surface area contributed by atoms with Crippen molar-refractivity contribution in [1.82, 2.24) is 0 Å². The summed E-state index contributed by atoms with van der Waals surface area (Å²) in [6, 6.07) is 10.1. The van der Waals surface area contributed by atoms with Crippen LogP contribution in [0.2, 0.25) is 0 Å². The van der Waals surface area contributed by atoms with Crippen LogP contribution in [0.1, 0.15) is 25.7 Å². The Labute approximate surface area is 96.2 Å². The Hall–Kier alpha value is -1.15. The van der Waals surface area contributed by atoms with Crippen molar-refractivity contribution in [2.75, 3.05) is 5.32 Å². The highest BCUT2D eigenvalue weighted by molar-refractivity contribution is 7.81. The maximum Gasteiger partial charge on any atom is 0.106 e. The third kappa shape index (κ3) is 2.90. The highest BCUT2D eigenvalue weighted by atomic mass is 32.1. The molecule has 0 radical (unpaired) electrons. The molecule has 0 aromatic heterocycles. The molecule has 1 aliphatic carbocycles. The summed E-state index contributed by atoms with van der Waals surface area (Å²) in [6.07, 6.45) is 7.13. The second-order valence-electron chi connectivity index (χ2n) is 3.80. The number of para-hydroxylation sites is 1. The highest BCUT2D eigenvalue weighted by Crippen LogP contribution is 2.19. The van der Waals surface area contributed by atoms with E-state index in [0.29, 0.717) is 0 Å². The summed E-state index contributed by atoms with van der Waals surface area (Å²) in [5.74, 6) is 0. The van der Waals surface area contributed by atoms with E-state index in [1.165, 1.54) is 24.8 Å². The molecule has 0 spiro atoms. The zero-order valence-corrected chi connectivity index (χ0v) is 9.52. The van der Waals surface area contributed by atoms with E-state index in [1.54, 1.807) is 0 Å². The lowest BCUT2D eigenvalue weighted by atomic mass is 9.99. The lowest BCUT2D eigenvalue weighted by Gasteiger charge is -2.15. The molecule has 1 aromatic carbocycles. The molecule has 0 amide bonds. The zero-order chi connectivity index (χ0) is 10.5. The Morgan fingerprint density at radius 3 is 2.60 bits per heavy atom. The molecule has 0 saturated carbocycles. The Morgan fingerprint density at radius 1 is 1.13 bits per heavy atom. The molecule has 1 N–H and O–H groups in total. The molecule has 0 fully saturated rings. The first-order valence-corrected chi connectivity index (χ1v) is 5.82. The first-order valence-electron chi connectivity index (χ1n) is 5.42. The number of allylic oxidation sites excluding steroid dienone is 1. The first-order chi connectivity index (χ1) is 7.36.